The van der Waals surface area contributed by atoms with Gasteiger partial charge in [-0.25, -0.2) is 13.6 Å². The van der Waals surface area contributed by atoms with Crippen molar-refractivity contribution in [2.75, 3.05) is 6.54 Å². The molecule has 1 N–H and O–H groups in total. The molecule has 1 heterocycles. The maximum atomic E-state index is 13.7. The van der Waals surface area contributed by atoms with Gasteiger partial charge in [-0.2, -0.15) is 0 Å². The third kappa shape index (κ3) is 3.52. The molecule has 3 aliphatic rings. The van der Waals surface area contributed by atoms with Crippen LogP contribution >= 0.6 is 0 Å². The smallest absolute Gasteiger partial charge is 0.319 e. The third-order valence-electron chi connectivity index (χ3n) is 5.82. The molecule has 1 atom stereocenters. The second-order valence-corrected chi connectivity index (χ2v) is 8.01. The predicted molar refractivity (Wildman–Crippen MR) is 100 cm³/mol. The summed E-state index contributed by atoms with van der Waals surface area (Å²) in [6.45, 7) is 1.05. The summed E-state index contributed by atoms with van der Waals surface area (Å²) in [6, 6.07) is 2.47. The van der Waals surface area contributed by atoms with Crippen molar-refractivity contribution in [2.45, 2.75) is 57.0 Å². The fraction of sp³-hybridized carbons (Fsp3) is 0.476. The number of carbonyl (C=O) groups is 3. The number of benzene rings is 1. The molecule has 1 unspecified atom stereocenters. The van der Waals surface area contributed by atoms with Crippen LogP contribution in [0.2, 0.25) is 0 Å². The maximum absolute atomic E-state index is 13.7. The Bertz CT molecular complexity index is 912. The number of hydrogen-bond acceptors (Lipinski definition) is 3. The normalized spacial score (nSPS) is 24.4. The summed E-state index contributed by atoms with van der Waals surface area (Å²) in [5.74, 6) is -3.10. The standard InChI is InChI=1S/C21H23F2N3O3/c1-21(13-7-10-16(22)17(23)11-13)19(28)25(20(29)24-21)12-18(27)26(15-8-9-15)14-5-3-2-4-6-14/h5,7,10-11,15H,2-4,6,8-9,12H2,1H3,(H,24,29). The highest BCUT2D eigenvalue weighted by Crippen LogP contribution is 2.35. The SMILES string of the molecule is CC1(c2ccc(F)c(F)c2)NC(=O)N(CC(=O)N(C2=CCCCC2)C2CC2)C1=O. The molecule has 6 nitrogen and oxygen atoms in total. The highest BCUT2D eigenvalue weighted by Gasteiger charge is 2.50. The Balaban J connectivity index is 1.55. The lowest BCUT2D eigenvalue weighted by Crippen LogP contribution is -2.45. The molecule has 4 amide bonds. The molecule has 1 aromatic rings. The zero-order valence-electron chi connectivity index (χ0n) is 16.2. The van der Waals surface area contributed by atoms with Gasteiger partial charge in [0.1, 0.15) is 12.1 Å². The maximum Gasteiger partial charge on any atom is 0.325 e. The van der Waals surface area contributed by atoms with E-state index in [0.29, 0.717) is 0 Å². The van der Waals surface area contributed by atoms with Gasteiger partial charge in [-0.3, -0.25) is 14.5 Å². The van der Waals surface area contributed by atoms with Gasteiger partial charge in [0.2, 0.25) is 5.91 Å². The molecular weight excluding hydrogens is 380 g/mol. The van der Waals surface area contributed by atoms with E-state index in [2.05, 4.69) is 11.4 Å². The predicted octanol–water partition coefficient (Wildman–Crippen LogP) is 3.18. The lowest BCUT2D eigenvalue weighted by atomic mass is 9.92. The molecule has 2 fully saturated rings. The summed E-state index contributed by atoms with van der Waals surface area (Å²) in [5, 5.41) is 2.52. The van der Waals surface area contributed by atoms with Crippen molar-refractivity contribution in [3.05, 3.63) is 47.2 Å². The summed E-state index contributed by atoms with van der Waals surface area (Å²) >= 11 is 0. The van der Waals surface area contributed by atoms with Crippen LogP contribution in [-0.4, -0.2) is 40.2 Å². The monoisotopic (exact) mass is 403 g/mol. The first-order valence-corrected chi connectivity index (χ1v) is 9.92. The number of amides is 4. The number of carbonyl (C=O) groups excluding carboxylic acids is 3. The molecule has 0 spiro atoms. The minimum atomic E-state index is -1.56. The molecule has 154 valence electrons. The van der Waals surface area contributed by atoms with Crippen molar-refractivity contribution in [2.24, 2.45) is 0 Å². The number of imide groups is 1. The molecule has 0 aromatic heterocycles. The quantitative estimate of drug-likeness (QED) is 0.768. The van der Waals surface area contributed by atoms with Crippen LogP contribution in [0.25, 0.3) is 0 Å². The van der Waals surface area contributed by atoms with E-state index in [0.717, 1.165) is 61.3 Å². The fourth-order valence-electron chi connectivity index (χ4n) is 4.03. The molecule has 0 bridgehead atoms. The highest BCUT2D eigenvalue weighted by atomic mass is 19.2. The van der Waals surface area contributed by atoms with Crippen molar-refractivity contribution in [3.8, 4) is 0 Å². The number of nitrogens with zero attached hydrogens (tertiary/aromatic N) is 2. The summed E-state index contributed by atoms with van der Waals surface area (Å²) < 4.78 is 26.9. The zero-order valence-corrected chi connectivity index (χ0v) is 16.2. The second-order valence-electron chi connectivity index (χ2n) is 8.01. The minimum Gasteiger partial charge on any atom is -0.319 e. The topological polar surface area (TPSA) is 69.7 Å². The number of nitrogens with one attached hydrogen (secondary N) is 1. The van der Waals surface area contributed by atoms with Crippen molar-refractivity contribution in [1.82, 2.24) is 15.1 Å². The Morgan fingerprint density at radius 3 is 2.62 bits per heavy atom. The minimum absolute atomic E-state index is 0.124. The van der Waals surface area contributed by atoms with Crippen LogP contribution in [0, 0.1) is 11.6 Å². The molecule has 1 aromatic carbocycles. The molecular formula is C21H23F2N3O3. The van der Waals surface area contributed by atoms with Gasteiger partial charge in [0.25, 0.3) is 5.91 Å². The highest BCUT2D eigenvalue weighted by molar-refractivity contribution is 6.09. The van der Waals surface area contributed by atoms with Gasteiger partial charge < -0.3 is 10.2 Å². The van der Waals surface area contributed by atoms with Gasteiger partial charge in [0.05, 0.1) is 0 Å². The van der Waals surface area contributed by atoms with Gasteiger partial charge in [-0.1, -0.05) is 12.1 Å². The largest absolute Gasteiger partial charge is 0.325 e. The van der Waals surface area contributed by atoms with E-state index >= 15 is 0 Å². The summed E-state index contributed by atoms with van der Waals surface area (Å²) in [6.07, 6.45) is 7.73. The van der Waals surface area contributed by atoms with Crippen molar-refractivity contribution in [1.29, 1.82) is 0 Å². The Hall–Kier alpha value is -2.77. The van der Waals surface area contributed by atoms with Crippen molar-refractivity contribution < 1.29 is 23.2 Å². The van der Waals surface area contributed by atoms with Crippen LogP contribution in [0.3, 0.4) is 0 Å². The van der Waals surface area contributed by atoms with Crippen molar-refractivity contribution in [3.63, 3.8) is 0 Å². The zero-order chi connectivity index (χ0) is 20.8. The van der Waals surface area contributed by atoms with E-state index in [1.807, 2.05) is 0 Å². The van der Waals surface area contributed by atoms with E-state index in [1.54, 1.807) is 4.90 Å². The van der Waals surface area contributed by atoms with Gasteiger partial charge in [0.15, 0.2) is 11.6 Å². The average Bonchev–Trinajstić information content (AvgIpc) is 3.50. The van der Waals surface area contributed by atoms with E-state index in [1.165, 1.54) is 13.0 Å². The van der Waals surface area contributed by atoms with Crippen LogP contribution in [0.15, 0.2) is 30.0 Å². The first-order valence-electron chi connectivity index (χ1n) is 9.92. The number of rotatable bonds is 5. The van der Waals surface area contributed by atoms with E-state index < -0.39 is 29.1 Å². The third-order valence-corrected chi connectivity index (χ3v) is 5.82. The number of halogens is 2. The molecule has 4 rings (SSSR count). The van der Waals surface area contributed by atoms with Crippen LogP contribution in [0.5, 0.6) is 0 Å². The van der Waals surface area contributed by atoms with Crippen LogP contribution < -0.4 is 5.32 Å². The van der Waals surface area contributed by atoms with Crippen LogP contribution in [0.1, 0.15) is 51.0 Å². The Kier molecular flexibility index (Phi) is 4.88. The Labute approximate surface area is 167 Å². The molecule has 1 aliphatic heterocycles. The number of allylic oxidation sites excluding steroid dienone is 2. The lowest BCUT2D eigenvalue weighted by Gasteiger charge is -2.29. The Morgan fingerprint density at radius 1 is 1.24 bits per heavy atom. The number of hydrogen-bond donors (Lipinski definition) is 1. The molecule has 8 heteroatoms. The Morgan fingerprint density at radius 2 is 2.00 bits per heavy atom. The summed E-state index contributed by atoms with van der Waals surface area (Å²) in [7, 11) is 0. The van der Waals surface area contributed by atoms with Crippen LogP contribution in [-0.2, 0) is 15.1 Å². The fourth-order valence-corrected chi connectivity index (χ4v) is 4.03. The van der Waals surface area contributed by atoms with E-state index in [-0.39, 0.29) is 24.1 Å². The average molecular weight is 403 g/mol. The molecule has 1 saturated carbocycles. The first-order chi connectivity index (χ1) is 13.8. The van der Waals surface area contributed by atoms with E-state index in [4.69, 9.17) is 0 Å². The van der Waals surface area contributed by atoms with Crippen LogP contribution in [0.4, 0.5) is 13.6 Å². The van der Waals surface area contributed by atoms with Gasteiger partial charge in [0, 0.05) is 11.7 Å². The lowest BCUT2D eigenvalue weighted by molar-refractivity contribution is -0.138. The molecule has 29 heavy (non-hydrogen) atoms. The molecule has 0 radical (unpaired) electrons. The van der Waals surface area contributed by atoms with Crippen molar-refractivity contribution >= 4 is 17.8 Å². The summed E-state index contributed by atoms with van der Waals surface area (Å²) in [4.78, 5) is 41.1. The van der Waals surface area contributed by atoms with E-state index in [9.17, 15) is 23.2 Å². The first kappa shape index (κ1) is 19.5. The summed E-state index contributed by atoms with van der Waals surface area (Å²) in [5.41, 5.74) is -0.460. The molecule has 1 saturated heterocycles. The van der Waals surface area contributed by atoms with Gasteiger partial charge in [-0.15, -0.1) is 0 Å². The van der Waals surface area contributed by atoms with Gasteiger partial charge >= 0.3 is 6.03 Å². The number of urea groups is 1. The molecule has 2 aliphatic carbocycles. The second kappa shape index (κ2) is 7.24. The van der Waals surface area contributed by atoms with Gasteiger partial charge in [-0.05, 0) is 63.1 Å².